The SMILES string of the molecule is COc1ccc(C(=O)C=Cc2cc(OC)c(O)cc2Br)cc1. The molecule has 0 fully saturated rings. The summed E-state index contributed by atoms with van der Waals surface area (Å²) in [6.45, 7) is 0. The number of methoxy groups -OCH3 is 2. The molecule has 1 N–H and O–H groups in total. The number of benzene rings is 2. The van der Waals surface area contributed by atoms with Crippen molar-refractivity contribution in [3.05, 3.63) is 58.1 Å². The molecule has 0 saturated carbocycles. The van der Waals surface area contributed by atoms with Gasteiger partial charge in [-0.25, -0.2) is 0 Å². The van der Waals surface area contributed by atoms with Gasteiger partial charge in [-0.15, -0.1) is 0 Å². The number of hydrogen-bond donors (Lipinski definition) is 1. The van der Waals surface area contributed by atoms with Gasteiger partial charge in [0.2, 0.25) is 0 Å². The lowest BCUT2D eigenvalue weighted by molar-refractivity contribution is 0.104. The second-order valence-corrected chi connectivity index (χ2v) is 5.33. The zero-order valence-corrected chi connectivity index (χ0v) is 13.8. The number of rotatable bonds is 5. The highest BCUT2D eigenvalue weighted by atomic mass is 79.9. The topological polar surface area (TPSA) is 55.8 Å². The van der Waals surface area contributed by atoms with Gasteiger partial charge in [-0.05, 0) is 54.1 Å². The molecule has 0 saturated heterocycles. The van der Waals surface area contributed by atoms with Crippen LogP contribution in [-0.4, -0.2) is 25.1 Å². The summed E-state index contributed by atoms with van der Waals surface area (Å²) in [5, 5.41) is 9.66. The minimum absolute atomic E-state index is 0.0352. The molecule has 0 spiro atoms. The number of ketones is 1. The van der Waals surface area contributed by atoms with E-state index in [1.54, 1.807) is 43.5 Å². The first-order valence-electron chi connectivity index (χ1n) is 6.48. The van der Waals surface area contributed by atoms with E-state index in [2.05, 4.69) is 15.9 Å². The van der Waals surface area contributed by atoms with Crippen LogP contribution >= 0.6 is 15.9 Å². The zero-order valence-electron chi connectivity index (χ0n) is 12.2. The van der Waals surface area contributed by atoms with E-state index in [4.69, 9.17) is 9.47 Å². The molecule has 2 rings (SSSR count). The van der Waals surface area contributed by atoms with Gasteiger partial charge in [0.25, 0.3) is 0 Å². The van der Waals surface area contributed by atoms with Gasteiger partial charge in [-0.2, -0.15) is 0 Å². The molecule has 0 atom stereocenters. The second kappa shape index (κ2) is 7.13. The van der Waals surface area contributed by atoms with Gasteiger partial charge >= 0.3 is 0 Å². The molecule has 0 heterocycles. The van der Waals surface area contributed by atoms with Crippen LogP contribution in [0.25, 0.3) is 6.08 Å². The molecule has 2 aromatic carbocycles. The first-order chi connectivity index (χ1) is 10.5. The lowest BCUT2D eigenvalue weighted by atomic mass is 10.1. The van der Waals surface area contributed by atoms with Crippen LogP contribution in [0.2, 0.25) is 0 Å². The molecule has 0 aliphatic heterocycles. The molecule has 22 heavy (non-hydrogen) atoms. The van der Waals surface area contributed by atoms with Crippen molar-refractivity contribution in [3.8, 4) is 17.2 Å². The van der Waals surface area contributed by atoms with Crippen molar-refractivity contribution in [2.75, 3.05) is 14.2 Å². The Morgan fingerprint density at radius 1 is 1.14 bits per heavy atom. The molecular weight excluding hydrogens is 348 g/mol. The third-order valence-electron chi connectivity index (χ3n) is 3.09. The van der Waals surface area contributed by atoms with Gasteiger partial charge in [0, 0.05) is 10.0 Å². The summed E-state index contributed by atoms with van der Waals surface area (Å²) in [5.41, 5.74) is 1.30. The van der Waals surface area contributed by atoms with Crippen molar-refractivity contribution in [2.45, 2.75) is 0 Å². The van der Waals surface area contributed by atoms with E-state index in [9.17, 15) is 9.90 Å². The Morgan fingerprint density at radius 2 is 1.82 bits per heavy atom. The van der Waals surface area contributed by atoms with Crippen molar-refractivity contribution < 1.29 is 19.4 Å². The Labute approximate surface area is 137 Å². The maximum absolute atomic E-state index is 12.1. The van der Waals surface area contributed by atoms with E-state index in [0.717, 1.165) is 5.56 Å². The number of allylic oxidation sites excluding steroid dienone is 1. The van der Waals surface area contributed by atoms with Crippen molar-refractivity contribution in [1.82, 2.24) is 0 Å². The smallest absolute Gasteiger partial charge is 0.185 e. The zero-order chi connectivity index (χ0) is 16.1. The standard InChI is InChI=1S/C17H15BrO4/c1-21-13-6-3-11(4-7-13)15(19)8-5-12-9-17(22-2)16(20)10-14(12)18/h3-10,20H,1-2H3. The van der Waals surface area contributed by atoms with Crippen LogP contribution in [0, 0.1) is 0 Å². The highest BCUT2D eigenvalue weighted by Gasteiger charge is 2.07. The van der Waals surface area contributed by atoms with Crippen molar-refractivity contribution in [1.29, 1.82) is 0 Å². The summed E-state index contributed by atoms with van der Waals surface area (Å²) in [5.74, 6) is 0.959. The highest BCUT2D eigenvalue weighted by Crippen LogP contribution is 2.33. The van der Waals surface area contributed by atoms with E-state index >= 15 is 0 Å². The molecule has 4 nitrogen and oxygen atoms in total. The van der Waals surface area contributed by atoms with Crippen LogP contribution in [-0.2, 0) is 0 Å². The van der Waals surface area contributed by atoms with Crippen LogP contribution in [0.4, 0.5) is 0 Å². The molecule has 0 amide bonds. The third kappa shape index (κ3) is 3.68. The number of carbonyl (C=O) groups excluding carboxylic acids is 1. The average Bonchev–Trinajstić information content (AvgIpc) is 2.54. The maximum Gasteiger partial charge on any atom is 0.185 e. The van der Waals surface area contributed by atoms with Gasteiger partial charge in [0.15, 0.2) is 17.3 Å². The van der Waals surface area contributed by atoms with E-state index < -0.39 is 0 Å². The summed E-state index contributed by atoms with van der Waals surface area (Å²) in [4.78, 5) is 12.1. The number of phenolic OH excluding ortho intramolecular Hbond substituents is 1. The van der Waals surface area contributed by atoms with Crippen LogP contribution in [0.15, 0.2) is 46.9 Å². The van der Waals surface area contributed by atoms with Gasteiger partial charge in [0.1, 0.15) is 5.75 Å². The van der Waals surface area contributed by atoms with E-state index in [1.165, 1.54) is 19.3 Å². The largest absolute Gasteiger partial charge is 0.504 e. The number of carbonyl (C=O) groups is 1. The molecular formula is C17H15BrO4. The number of hydrogen-bond acceptors (Lipinski definition) is 4. The van der Waals surface area contributed by atoms with Crippen LogP contribution < -0.4 is 9.47 Å². The molecule has 0 bridgehead atoms. The van der Waals surface area contributed by atoms with Crippen molar-refractivity contribution in [2.24, 2.45) is 0 Å². The van der Waals surface area contributed by atoms with E-state index in [-0.39, 0.29) is 11.5 Å². The Balaban J connectivity index is 2.22. The number of halogens is 1. The maximum atomic E-state index is 12.1. The monoisotopic (exact) mass is 362 g/mol. The molecule has 2 aromatic rings. The summed E-state index contributed by atoms with van der Waals surface area (Å²) in [6, 6.07) is 10.1. The van der Waals surface area contributed by atoms with Crippen LogP contribution in [0.3, 0.4) is 0 Å². The van der Waals surface area contributed by atoms with Crippen molar-refractivity contribution in [3.63, 3.8) is 0 Å². The predicted molar refractivity (Wildman–Crippen MR) is 88.7 cm³/mol. The predicted octanol–water partition coefficient (Wildman–Crippen LogP) is 4.07. The summed E-state index contributed by atoms with van der Waals surface area (Å²) >= 11 is 3.34. The lowest BCUT2D eigenvalue weighted by Gasteiger charge is -2.06. The number of phenols is 1. The van der Waals surface area contributed by atoms with Gasteiger partial charge in [-0.1, -0.05) is 15.9 Å². The fourth-order valence-corrected chi connectivity index (χ4v) is 2.33. The average molecular weight is 363 g/mol. The molecule has 0 aliphatic rings. The Kier molecular flexibility index (Phi) is 5.22. The van der Waals surface area contributed by atoms with Crippen LogP contribution in [0.1, 0.15) is 15.9 Å². The summed E-state index contributed by atoms with van der Waals surface area (Å²) in [7, 11) is 3.05. The third-order valence-corrected chi connectivity index (χ3v) is 3.77. The minimum atomic E-state index is -0.124. The molecule has 0 aliphatic carbocycles. The minimum Gasteiger partial charge on any atom is -0.504 e. The van der Waals surface area contributed by atoms with Crippen LogP contribution in [0.5, 0.6) is 17.2 Å². The fourth-order valence-electron chi connectivity index (χ4n) is 1.87. The first-order valence-corrected chi connectivity index (χ1v) is 7.27. The number of aromatic hydroxyl groups is 1. The fraction of sp³-hybridized carbons (Fsp3) is 0.118. The number of ether oxygens (including phenoxy) is 2. The van der Waals surface area contributed by atoms with Gasteiger partial charge in [-0.3, -0.25) is 4.79 Å². The van der Waals surface area contributed by atoms with Gasteiger partial charge < -0.3 is 14.6 Å². The first kappa shape index (κ1) is 16.1. The Hall–Kier alpha value is -2.27. The molecule has 114 valence electrons. The highest BCUT2D eigenvalue weighted by molar-refractivity contribution is 9.10. The lowest BCUT2D eigenvalue weighted by Crippen LogP contribution is -1.94. The molecule has 0 unspecified atom stereocenters. The van der Waals surface area contributed by atoms with E-state index in [0.29, 0.717) is 21.5 Å². The molecule has 0 radical (unpaired) electrons. The Morgan fingerprint density at radius 3 is 2.41 bits per heavy atom. The summed E-state index contributed by atoms with van der Waals surface area (Å²) in [6.07, 6.45) is 3.14. The summed E-state index contributed by atoms with van der Waals surface area (Å²) < 4.78 is 10.8. The molecule has 5 heteroatoms. The quantitative estimate of drug-likeness (QED) is 0.643. The van der Waals surface area contributed by atoms with Gasteiger partial charge in [0.05, 0.1) is 14.2 Å². The second-order valence-electron chi connectivity index (χ2n) is 4.47. The van der Waals surface area contributed by atoms with E-state index in [1.807, 2.05) is 0 Å². The Bertz CT molecular complexity index is 705. The van der Waals surface area contributed by atoms with Crippen molar-refractivity contribution >= 4 is 27.8 Å². The molecule has 0 aromatic heterocycles. The normalized spacial score (nSPS) is 10.7.